The van der Waals surface area contributed by atoms with E-state index in [9.17, 15) is 9.59 Å². The Balaban J connectivity index is 1.75. The summed E-state index contributed by atoms with van der Waals surface area (Å²) in [5.74, 6) is -0.242. The molecule has 0 aromatic heterocycles. The van der Waals surface area contributed by atoms with E-state index in [-0.39, 0.29) is 18.4 Å². The maximum Gasteiger partial charge on any atom is 0.240 e. The molecule has 0 saturated carbocycles. The summed E-state index contributed by atoms with van der Waals surface area (Å²) in [6.45, 7) is 3.36. The minimum atomic E-state index is -0.486. The lowest BCUT2D eigenvalue weighted by Crippen LogP contribution is -2.54. The van der Waals surface area contributed by atoms with Gasteiger partial charge < -0.3 is 16.0 Å². The molecule has 0 bridgehead atoms. The van der Waals surface area contributed by atoms with Gasteiger partial charge in [0.2, 0.25) is 11.8 Å². The number of nitrogens with one attached hydrogen (secondary N) is 3. The zero-order valence-electron chi connectivity index (χ0n) is 12.4. The number of amides is 2. The van der Waals surface area contributed by atoms with E-state index in [1.165, 1.54) is 0 Å². The molecule has 0 radical (unpaired) electrons. The molecule has 1 aliphatic rings. The largest absolute Gasteiger partial charge is 0.350 e. The molecule has 5 nitrogen and oxygen atoms in total. The number of rotatable bonds is 6. The number of carbonyl (C=O) groups excluding carboxylic acids is 2. The van der Waals surface area contributed by atoms with Gasteiger partial charge in [-0.2, -0.15) is 0 Å². The fourth-order valence-corrected chi connectivity index (χ4v) is 2.65. The quantitative estimate of drug-likeness (QED) is 0.730. The van der Waals surface area contributed by atoms with E-state index < -0.39 is 5.54 Å². The normalized spacial score (nSPS) is 21.0. The van der Waals surface area contributed by atoms with Crippen molar-refractivity contribution in [3.8, 4) is 0 Å². The fourth-order valence-electron chi connectivity index (χ4n) is 2.65. The summed E-state index contributed by atoms with van der Waals surface area (Å²) in [6, 6.07) is 9.70. The van der Waals surface area contributed by atoms with Gasteiger partial charge in [0, 0.05) is 6.54 Å². The summed E-state index contributed by atoms with van der Waals surface area (Å²) in [5, 5.41) is 8.80. The van der Waals surface area contributed by atoms with E-state index in [1.54, 1.807) is 0 Å². The Morgan fingerprint density at radius 2 is 2.00 bits per heavy atom. The van der Waals surface area contributed by atoms with E-state index in [0.29, 0.717) is 6.54 Å². The lowest BCUT2D eigenvalue weighted by atomic mass is 9.93. The molecule has 1 aliphatic heterocycles. The molecule has 1 aromatic carbocycles. The number of benzene rings is 1. The van der Waals surface area contributed by atoms with Crippen molar-refractivity contribution in [2.45, 2.75) is 38.3 Å². The first-order valence-corrected chi connectivity index (χ1v) is 7.50. The predicted molar refractivity (Wildman–Crippen MR) is 81.6 cm³/mol. The van der Waals surface area contributed by atoms with Gasteiger partial charge in [0.25, 0.3) is 0 Å². The first kappa shape index (κ1) is 15.5. The Labute approximate surface area is 125 Å². The van der Waals surface area contributed by atoms with Crippen LogP contribution < -0.4 is 16.0 Å². The lowest BCUT2D eigenvalue weighted by molar-refractivity contribution is -0.130. The Hall–Kier alpha value is -1.88. The van der Waals surface area contributed by atoms with Gasteiger partial charge >= 0.3 is 0 Å². The molecule has 1 heterocycles. The summed E-state index contributed by atoms with van der Waals surface area (Å²) >= 11 is 0. The molecule has 2 rings (SSSR count). The van der Waals surface area contributed by atoms with Crippen LogP contribution >= 0.6 is 0 Å². The molecular weight excluding hydrogens is 266 g/mol. The molecule has 1 fully saturated rings. The minimum Gasteiger partial charge on any atom is -0.350 e. The average molecular weight is 289 g/mol. The predicted octanol–water partition coefficient (Wildman–Crippen LogP) is 0.951. The summed E-state index contributed by atoms with van der Waals surface area (Å²) in [5.41, 5.74) is 0.555. The second-order valence-electron chi connectivity index (χ2n) is 5.41. The van der Waals surface area contributed by atoms with Crippen molar-refractivity contribution in [3.63, 3.8) is 0 Å². The first-order chi connectivity index (χ1) is 10.2. The molecule has 1 aromatic rings. The van der Waals surface area contributed by atoms with E-state index in [4.69, 9.17) is 0 Å². The highest BCUT2D eigenvalue weighted by Gasteiger charge is 2.38. The Bertz CT molecular complexity index is 482. The number of hydrogen-bond acceptors (Lipinski definition) is 3. The van der Waals surface area contributed by atoms with Crippen LogP contribution in [0.4, 0.5) is 0 Å². The molecule has 0 spiro atoms. The first-order valence-electron chi connectivity index (χ1n) is 7.50. The maximum absolute atomic E-state index is 12.2. The molecule has 1 unspecified atom stereocenters. The molecule has 114 valence electrons. The standard InChI is InChI=1S/C16H23N3O2/c1-2-16(9-6-10-19-16)15(21)18-12-14(20)17-11-13-7-4-3-5-8-13/h3-5,7-8,19H,2,6,9-12H2,1H3,(H,17,20)(H,18,21). The summed E-state index contributed by atoms with van der Waals surface area (Å²) in [6.07, 6.45) is 2.58. The third-order valence-corrected chi connectivity index (χ3v) is 4.02. The van der Waals surface area contributed by atoms with Gasteiger partial charge in [0.15, 0.2) is 0 Å². The van der Waals surface area contributed by atoms with Crippen LogP contribution in [-0.2, 0) is 16.1 Å². The van der Waals surface area contributed by atoms with Gasteiger partial charge in [-0.05, 0) is 31.4 Å². The van der Waals surface area contributed by atoms with Gasteiger partial charge in [0.1, 0.15) is 0 Å². The van der Waals surface area contributed by atoms with Gasteiger partial charge in [-0.15, -0.1) is 0 Å². The van der Waals surface area contributed by atoms with Crippen molar-refractivity contribution in [1.82, 2.24) is 16.0 Å². The van der Waals surface area contributed by atoms with Gasteiger partial charge in [-0.3, -0.25) is 9.59 Å². The van der Waals surface area contributed by atoms with Crippen LogP contribution in [0, 0.1) is 0 Å². The van der Waals surface area contributed by atoms with Gasteiger partial charge in [0.05, 0.1) is 12.1 Å². The Morgan fingerprint density at radius 1 is 1.24 bits per heavy atom. The van der Waals surface area contributed by atoms with E-state index >= 15 is 0 Å². The average Bonchev–Trinajstić information content (AvgIpc) is 3.02. The molecule has 2 amide bonds. The van der Waals surface area contributed by atoms with Crippen LogP contribution in [0.2, 0.25) is 0 Å². The van der Waals surface area contributed by atoms with E-state index in [1.807, 2.05) is 37.3 Å². The second kappa shape index (κ2) is 7.22. The van der Waals surface area contributed by atoms with Crippen molar-refractivity contribution in [2.24, 2.45) is 0 Å². The smallest absolute Gasteiger partial charge is 0.240 e. The number of hydrogen-bond donors (Lipinski definition) is 3. The van der Waals surface area contributed by atoms with Crippen molar-refractivity contribution in [3.05, 3.63) is 35.9 Å². The summed E-state index contributed by atoms with van der Waals surface area (Å²) < 4.78 is 0. The zero-order valence-corrected chi connectivity index (χ0v) is 12.4. The Morgan fingerprint density at radius 3 is 2.62 bits per heavy atom. The van der Waals surface area contributed by atoms with Crippen LogP contribution in [0.3, 0.4) is 0 Å². The monoisotopic (exact) mass is 289 g/mol. The molecule has 1 saturated heterocycles. The second-order valence-corrected chi connectivity index (χ2v) is 5.41. The fraction of sp³-hybridized carbons (Fsp3) is 0.500. The summed E-state index contributed by atoms with van der Waals surface area (Å²) in [7, 11) is 0. The highest BCUT2D eigenvalue weighted by atomic mass is 16.2. The lowest BCUT2D eigenvalue weighted by Gasteiger charge is -2.26. The summed E-state index contributed by atoms with van der Waals surface area (Å²) in [4.78, 5) is 24.0. The topological polar surface area (TPSA) is 70.2 Å². The van der Waals surface area contributed by atoms with Crippen LogP contribution in [0.15, 0.2) is 30.3 Å². The molecule has 3 N–H and O–H groups in total. The highest BCUT2D eigenvalue weighted by Crippen LogP contribution is 2.22. The van der Waals surface area contributed by atoms with E-state index in [2.05, 4.69) is 16.0 Å². The zero-order chi connectivity index (χ0) is 15.1. The molecule has 21 heavy (non-hydrogen) atoms. The molecule has 5 heteroatoms. The van der Waals surface area contributed by atoms with E-state index in [0.717, 1.165) is 31.4 Å². The van der Waals surface area contributed by atoms with Crippen LogP contribution in [0.5, 0.6) is 0 Å². The third-order valence-electron chi connectivity index (χ3n) is 4.02. The number of carbonyl (C=O) groups is 2. The van der Waals surface area contributed by atoms with Crippen molar-refractivity contribution >= 4 is 11.8 Å². The minimum absolute atomic E-state index is 0.0229. The van der Waals surface area contributed by atoms with Crippen LogP contribution in [-0.4, -0.2) is 30.4 Å². The van der Waals surface area contributed by atoms with Crippen LogP contribution in [0.25, 0.3) is 0 Å². The van der Waals surface area contributed by atoms with Crippen molar-refractivity contribution < 1.29 is 9.59 Å². The van der Waals surface area contributed by atoms with Gasteiger partial charge in [-0.1, -0.05) is 37.3 Å². The molecule has 1 atom stereocenters. The molecule has 0 aliphatic carbocycles. The van der Waals surface area contributed by atoms with Gasteiger partial charge in [-0.25, -0.2) is 0 Å². The van der Waals surface area contributed by atoms with Crippen molar-refractivity contribution in [2.75, 3.05) is 13.1 Å². The van der Waals surface area contributed by atoms with Crippen molar-refractivity contribution in [1.29, 1.82) is 0 Å². The maximum atomic E-state index is 12.2. The molecular formula is C16H23N3O2. The van der Waals surface area contributed by atoms with Crippen LogP contribution in [0.1, 0.15) is 31.7 Å². The SMILES string of the molecule is CCC1(C(=O)NCC(=O)NCc2ccccc2)CCCN1. The Kier molecular flexibility index (Phi) is 5.33. The highest BCUT2D eigenvalue weighted by molar-refractivity contribution is 5.90. The third kappa shape index (κ3) is 4.04.